The average Bonchev–Trinajstić information content (AvgIpc) is 2.48. The quantitative estimate of drug-likeness (QED) is 0.517. The summed E-state index contributed by atoms with van der Waals surface area (Å²) in [5.74, 6) is 4.82. The van der Waals surface area contributed by atoms with E-state index in [2.05, 4.69) is 11.8 Å². The molecule has 0 aromatic carbocycles. The zero-order chi connectivity index (χ0) is 13.1. The smallest absolute Gasteiger partial charge is 0.167 e. The summed E-state index contributed by atoms with van der Waals surface area (Å²) >= 11 is 37.4. The average molecular weight is 355 g/mol. The van der Waals surface area contributed by atoms with Gasteiger partial charge in [-0.3, -0.25) is 0 Å². The molecule has 0 radical (unpaired) electrons. The fourth-order valence-electron chi connectivity index (χ4n) is 2.23. The van der Waals surface area contributed by atoms with E-state index in [-0.39, 0.29) is 23.1 Å². The molecule has 17 heavy (non-hydrogen) atoms. The fourth-order valence-corrected chi connectivity index (χ4v) is 4.95. The zero-order valence-corrected chi connectivity index (χ0v) is 12.7. The Balaban J connectivity index is 2.58. The summed E-state index contributed by atoms with van der Waals surface area (Å²) in [6.45, 7) is -0.286. The van der Waals surface area contributed by atoms with Crippen molar-refractivity contribution in [3.8, 4) is 11.8 Å². The third-order valence-electron chi connectivity index (χ3n) is 3.14. The maximum absolute atomic E-state index is 8.71. The second-order valence-corrected chi connectivity index (χ2v) is 7.28. The first-order valence-electron chi connectivity index (χ1n) is 4.64. The predicted molar refractivity (Wildman–Crippen MR) is 73.3 cm³/mol. The zero-order valence-electron chi connectivity index (χ0n) is 8.21. The molecule has 1 N–H and O–H groups in total. The summed E-state index contributed by atoms with van der Waals surface area (Å²) in [6.07, 6.45) is 0.285. The molecule has 3 unspecified atom stereocenters. The van der Waals surface area contributed by atoms with E-state index in [0.717, 1.165) is 0 Å². The molecule has 7 heteroatoms. The van der Waals surface area contributed by atoms with Gasteiger partial charge < -0.3 is 5.11 Å². The molecule has 0 spiro atoms. The Bertz CT molecular complexity index is 461. The third kappa shape index (κ3) is 1.53. The fraction of sp³-hybridized carbons (Fsp3) is 0.600. The molecule has 2 rings (SSSR count). The maximum atomic E-state index is 8.71. The molecule has 1 nitrogen and oxygen atoms in total. The molecule has 0 heterocycles. The highest BCUT2D eigenvalue weighted by Crippen LogP contribution is 2.74. The summed E-state index contributed by atoms with van der Waals surface area (Å²) in [6, 6.07) is 0. The van der Waals surface area contributed by atoms with Crippen molar-refractivity contribution in [3.63, 3.8) is 0 Å². The largest absolute Gasteiger partial charge is 0.384 e. The molecular formula is C10H6Cl6O. The highest BCUT2D eigenvalue weighted by atomic mass is 35.5. The van der Waals surface area contributed by atoms with Crippen molar-refractivity contribution in [2.24, 2.45) is 5.92 Å². The van der Waals surface area contributed by atoms with Gasteiger partial charge in [-0.2, -0.15) is 0 Å². The highest BCUT2D eigenvalue weighted by Gasteiger charge is 2.78. The number of hydrogen-bond acceptors (Lipinski definition) is 1. The molecule has 1 fully saturated rings. The van der Waals surface area contributed by atoms with Crippen molar-refractivity contribution < 1.29 is 5.11 Å². The second kappa shape index (κ2) is 4.25. The molecular weight excluding hydrogens is 349 g/mol. The Kier molecular flexibility index (Phi) is 3.60. The molecule has 0 saturated heterocycles. The maximum Gasteiger partial charge on any atom is 0.167 e. The third-order valence-corrected chi connectivity index (χ3v) is 7.42. The lowest BCUT2D eigenvalue weighted by Crippen LogP contribution is -2.44. The Morgan fingerprint density at radius 2 is 1.76 bits per heavy atom. The molecule has 2 bridgehead atoms. The van der Waals surface area contributed by atoms with Gasteiger partial charge in [-0.15, -0.1) is 23.2 Å². The van der Waals surface area contributed by atoms with Crippen LogP contribution in [0.2, 0.25) is 0 Å². The molecule has 94 valence electrons. The molecule has 2 aliphatic carbocycles. The summed E-state index contributed by atoms with van der Waals surface area (Å²) in [7, 11) is 0. The number of fused-ring (bicyclic) bond motifs is 2. The number of hydrogen-bond donors (Lipinski definition) is 1. The van der Waals surface area contributed by atoms with Crippen molar-refractivity contribution in [3.05, 3.63) is 10.1 Å². The number of halogens is 6. The van der Waals surface area contributed by atoms with Crippen LogP contribution in [-0.2, 0) is 0 Å². The van der Waals surface area contributed by atoms with E-state index >= 15 is 0 Å². The Hall–Kier alpha value is 1.00. The standard InChI is InChI=1S/C10H6Cl6O/c11-6-7(12)9(14)5(2-1-3-17)4-8(6,13)10(9,15)16/h5,17H,3-4H2. The van der Waals surface area contributed by atoms with E-state index in [0.29, 0.717) is 0 Å². The van der Waals surface area contributed by atoms with Crippen LogP contribution in [0.3, 0.4) is 0 Å². The van der Waals surface area contributed by atoms with Crippen LogP contribution in [-0.4, -0.2) is 25.8 Å². The van der Waals surface area contributed by atoms with Gasteiger partial charge in [0.2, 0.25) is 0 Å². The van der Waals surface area contributed by atoms with Gasteiger partial charge in [-0.1, -0.05) is 58.2 Å². The first-order chi connectivity index (χ1) is 7.73. The van der Waals surface area contributed by atoms with E-state index in [4.69, 9.17) is 74.7 Å². The number of alkyl halides is 4. The number of aliphatic hydroxyl groups excluding tert-OH is 1. The summed E-state index contributed by atoms with van der Waals surface area (Å²) in [4.78, 5) is -2.57. The molecule has 1 saturated carbocycles. The number of allylic oxidation sites excluding steroid dienone is 2. The lowest BCUT2D eigenvalue weighted by molar-refractivity contribution is 0.350. The SMILES string of the molecule is OCC#CC1CC2(Cl)C(Cl)=C(Cl)C1(Cl)C2(Cl)Cl. The number of aliphatic hydroxyl groups is 1. The Morgan fingerprint density at radius 3 is 2.18 bits per heavy atom. The van der Waals surface area contributed by atoms with E-state index in [9.17, 15) is 0 Å². The first-order valence-corrected chi connectivity index (χ1v) is 6.91. The van der Waals surface area contributed by atoms with Gasteiger partial charge in [-0.25, -0.2) is 0 Å². The van der Waals surface area contributed by atoms with Crippen LogP contribution in [0.15, 0.2) is 10.1 Å². The molecule has 0 aromatic rings. The first kappa shape index (κ1) is 14.4. The molecule has 3 atom stereocenters. The van der Waals surface area contributed by atoms with E-state index in [1.807, 2.05) is 0 Å². The van der Waals surface area contributed by atoms with Crippen molar-refractivity contribution >= 4 is 69.6 Å². The van der Waals surface area contributed by atoms with Gasteiger partial charge in [0.15, 0.2) is 4.33 Å². The minimum Gasteiger partial charge on any atom is -0.384 e. The van der Waals surface area contributed by atoms with Gasteiger partial charge in [0, 0.05) is 5.92 Å². The van der Waals surface area contributed by atoms with Crippen LogP contribution in [0.4, 0.5) is 0 Å². The van der Waals surface area contributed by atoms with E-state index < -0.39 is 20.0 Å². The van der Waals surface area contributed by atoms with Crippen molar-refractivity contribution in [2.45, 2.75) is 20.5 Å². The summed E-state index contributed by atoms with van der Waals surface area (Å²) in [5, 5.41) is 9.00. The summed E-state index contributed by atoms with van der Waals surface area (Å²) in [5.41, 5.74) is 0. The van der Waals surface area contributed by atoms with E-state index in [1.54, 1.807) is 0 Å². The van der Waals surface area contributed by atoms with Crippen LogP contribution >= 0.6 is 69.6 Å². The topological polar surface area (TPSA) is 20.2 Å². The van der Waals surface area contributed by atoms with Gasteiger partial charge in [-0.05, 0) is 6.42 Å². The van der Waals surface area contributed by atoms with Crippen LogP contribution < -0.4 is 0 Å². The minimum atomic E-state index is -1.54. The lowest BCUT2D eigenvalue weighted by Gasteiger charge is -2.31. The Labute approximate surface area is 129 Å². The molecule has 0 aromatic heterocycles. The van der Waals surface area contributed by atoms with Gasteiger partial charge in [0.05, 0.1) is 10.1 Å². The van der Waals surface area contributed by atoms with Crippen molar-refractivity contribution in [1.82, 2.24) is 0 Å². The highest BCUT2D eigenvalue weighted by molar-refractivity contribution is 6.65. The van der Waals surface area contributed by atoms with Crippen LogP contribution in [0.1, 0.15) is 6.42 Å². The summed E-state index contributed by atoms with van der Waals surface area (Å²) < 4.78 is -1.54. The van der Waals surface area contributed by atoms with Gasteiger partial charge in [0.1, 0.15) is 16.4 Å². The van der Waals surface area contributed by atoms with Crippen LogP contribution in [0.25, 0.3) is 0 Å². The minimum absolute atomic E-state index is 0.129. The molecule has 2 aliphatic rings. The van der Waals surface area contributed by atoms with Crippen LogP contribution in [0, 0.1) is 17.8 Å². The molecule has 0 aliphatic heterocycles. The van der Waals surface area contributed by atoms with Crippen molar-refractivity contribution in [1.29, 1.82) is 0 Å². The van der Waals surface area contributed by atoms with Crippen molar-refractivity contribution in [2.75, 3.05) is 6.61 Å². The van der Waals surface area contributed by atoms with Gasteiger partial charge >= 0.3 is 0 Å². The second-order valence-electron chi connectivity index (χ2n) is 3.95. The predicted octanol–water partition coefficient (Wildman–Crippen LogP) is 3.83. The lowest BCUT2D eigenvalue weighted by atomic mass is 9.93. The Morgan fingerprint density at radius 1 is 1.18 bits per heavy atom. The molecule has 0 amide bonds. The monoisotopic (exact) mass is 352 g/mol. The number of rotatable bonds is 0. The normalized spacial score (nSPS) is 42.6. The van der Waals surface area contributed by atoms with Crippen LogP contribution in [0.5, 0.6) is 0 Å². The van der Waals surface area contributed by atoms with E-state index in [1.165, 1.54) is 0 Å². The van der Waals surface area contributed by atoms with Gasteiger partial charge in [0.25, 0.3) is 0 Å².